The lowest BCUT2D eigenvalue weighted by Gasteiger charge is -2.21. The summed E-state index contributed by atoms with van der Waals surface area (Å²) in [5.74, 6) is 0. The smallest absolute Gasteiger partial charge is 0.423 e. The lowest BCUT2D eigenvalue weighted by Crippen LogP contribution is -2.36. The maximum absolute atomic E-state index is 10.2. The predicted octanol–water partition coefficient (Wildman–Crippen LogP) is 3.96. The highest BCUT2D eigenvalue weighted by Gasteiger charge is 2.19. The van der Waals surface area contributed by atoms with Crippen molar-refractivity contribution in [2.45, 2.75) is 13.1 Å². The number of fused-ring (bicyclic) bond motifs is 2. The van der Waals surface area contributed by atoms with Gasteiger partial charge >= 0.3 is 7.12 Å². The summed E-state index contributed by atoms with van der Waals surface area (Å²) in [7, 11) is 2.74. The van der Waals surface area contributed by atoms with Gasteiger partial charge < -0.3 is 9.68 Å². The van der Waals surface area contributed by atoms with Gasteiger partial charge in [-0.3, -0.25) is 4.90 Å². The standard InChI is InChI=1S/C24H24BNO2/c1-26(16-20-11-5-8-14-24(20)25(27)28-2)17-23-21-12-6-3-9-18(21)15-19-10-4-7-13-22(19)23/h3-15,27H,16-17H2,1-2H3. The van der Waals surface area contributed by atoms with Crippen LogP contribution in [0.5, 0.6) is 0 Å². The molecule has 3 nitrogen and oxygen atoms in total. The highest BCUT2D eigenvalue weighted by atomic mass is 16.5. The Balaban J connectivity index is 1.70. The maximum Gasteiger partial charge on any atom is 0.491 e. The van der Waals surface area contributed by atoms with E-state index < -0.39 is 7.12 Å². The molecular formula is C24H24BNO2. The number of hydrogen-bond acceptors (Lipinski definition) is 3. The van der Waals surface area contributed by atoms with Gasteiger partial charge in [-0.15, -0.1) is 0 Å². The van der Waals surface area contributed by atoms with Crippen molar-refractivity contribution in [1.29, 1.82) is 0 Å². The summed E-state index contributed by atoms with van der Waals surface area (Å²) in [6.45, 7) is 1.55. The first-order valence-electron chi connectivity index (χ1n) is 9.54. The van der Waals surface area contributed by atoms with Gasteiger partial charge in [-0.2, -0.15) is 0 Å². The minimum atomic E-state index is -0.900. The molecule has 0 atom stereocenters. The van der Waals surface area contributed by atoms with Gasteiger partial charge in [-0.1, -0.05) is 72.8 Å². The van der Waals surface area contributed by atoms with Crippen molar-refractivity contribution in [1.82, 2.24) is 4.90 Å². The van der Waals surface area contributed by atoms with Crippen molar-refractivity contribution in [2.75, 3.05) is 14.2 Å². The van der Waals surface area contributed by atoms with E-state index in [1.807, 2.05) is 18.2 Å². The Morgan fingerprint density at radius 1 is 0.821 bits per heavy atom. The van der Waals surface area contributed by atoms with Crippen molar-refractivity contribution >= 4 is 34.1 Å². The van der Waals surface area contributed by atoms with Gasteiger partial charge in [-0.05, 0) is 51.2 Å². The molecule has 28 heavy (non-hydrogen) atoms. The molecule has 4 aromatic carbocycles. The van der Waals surface area contributed by atoms with Crippen LogP contribution in [0.25, 0.3) is 21.5 Å². The van der Waals surface area contributed by atoms with Gasteiger partial charge in [0.25, 0.3) is 0 Å². The molecule has 0 aliphatic rings. The van der Waals surface area contributed by atoms with E-state index in [1.165, 1.54) is 34.2 Å². The molecule has 0 aliphatic heterocycles. The van der Waals surface area contributed by atoms with Crippen molar-refractivity contribution in [3.63, 3.8) is 0 Å². The van der Waals surface area contributed by atoms with Gasteiger partial charge in [0.1, 0.15) is 0 Å². The third kappa shape index (κ3) is 3.67. The molecule has 4 rings (SSSR count). The molecule has 0 aliphatic carbocycles. The minimum Gasteiger partial charge on any atom is -0.423 e. The molecule has 0 saturated carbocycles. The highest BCUT2D eigenvalue weighted by Crippen LogP contribution is 2.29. The second-order valence-electron chi connectivity index (χ2n) is 7.26. The van der Waals surface area contributed by atoms with Crippen LogP contribution in [0.15, 0.2) is 78.9 Å². The highest BCUT2D eigenvalue weighted by molar-refractivity contribution is 6.60. The Bertz CT molecular complexity index is 1060. The average molecular weight is 369 g/mol. The Morgan fingerprint density at radius 2 is 1.39 bits per heavy atom. The Kier molecular flexibility index (Phi) is 5.44. The van der Waals surface area contributed by atoms with Crippen LogP contribution in [0.2, 0.25) is 0 Å². The monoisotopic (exact) mass is 369 g/mol. The zero-order valence-electron chi connectivity index (χ0n) is 16.3. The molecule has 0 fully saturated rings. The van der Waals surface area contributed by atoms with Crippen LogP contribution in [0.1, 0.15) is 11.1 Å². The molecule has 1 N–H and O–H groups in total. The van der Waals surface area contributed by atoms with Crippen LogP contribution in [-0.4, -0.2) is 31.2 Å². The summed E-state index contributed by atoms with van der Waals surface area (Å²) < 4.78 is 5.13. The van der Waals surface area contributed by atoms with Crippen molar-refractivity contribution < 1.29 is 9.68 Å². The van der Waals surface area contributed by atoms with Gasteiger partial charge in [0.15, 0.2) is 0 Å². The average Bonchev–Trinajstić information content (AvgIpc) is 2.73. The zero-order valence-corrected chi connectivity index (χ0v) is 16.3. The van der Waals surface area contributed by atoms with Gasteiger partial charge in [0, 0.05) is 20.2 Å². The van der Waals surface area contributed by atoms with E-state index in [0.29, 0.717) is 0 Å². The zero-order chi connectivity index (χ0) is 19.5. The lowest BCUT2D eigenvalue weighted by molar-refractivity contribution is 0.319. The molecule has 4 aromatic rings. The molecular weight excluding hydrogens is 345 g/mol. The molecule has 0 amide bonds. The largest absolute Gasteiger partial charge is 0.491 e. The first-order valence-corrected chi connectivity index (χ1v) is 9.54. The van der Waals surface area contributed by atoms with Crippen LogP contribution in [-0.2, 0) is 17.7 Å². The summed E-state index contributed by atoms with van der Waals surface area (Å²) in [5, 5.41) is 15.3. The number of nitrogens with zero attached hydrogens (tertiary/aromatic N) is 1. The van der Waals surface area contributed by atoms with E-state index in [2.05, 4.69) is 72.6 Å². The van der Waals surface area contributed by atoms with Crippen LogP contribution in [0.3, 0.4) is 0 Å². The number of hydrogen-bond donors (Lipinski definition) is 1. The molecule has 0 saturated heterocycles. The van der Waals surface area contributed by atoms with Crippen LogP contribution < -0.4 is 5.46 Å². The number of benzene rings is 4. The van der Waals surface area contributed by atoms with Crippen molar-refractivity contribution in [3.05, 3.63) is 90.0 Å². The van der Waals surface area contributed by atoms with Gasteiger partial charge in [0.2, 0.25) is 0 Å². The summed E-state index contributed by atoms with van der Waals surface area (Å²) in [6.07, 6.45) is 0. The number of rotatable bonds is 6. The SMILES string of the molecule is COB(O)c1ccccc1CN(C)Cc1c2ccccc2cc2ccccc12. The molecule has 4 heteroatoms. The second kappa shape index (κ2) is 8.15. The third-order valence-corrected chi connectivity index (χ3v) is 5.30. The summed E-state index contributed by atoms with van der Waals surface area (Å²) in [4.78, 5) is 2.29. The van der Waals surface area contributed by atoms with Gasteiger partial charge in [0.05, 0.1) is 0 Å². The maximum atomic E-state index is 10.2. The third-order valence-electron chi connectivity index (χ3n) is 5.30. The molecule has 0 aromatic heterocycles. The van der Waals surface area contributed by atoms with Gasteiger partial charge in [-0.25, -0.2) is 0 Å². The quantitative estimate of drug-likeness (QED) is 0.413. The molecule has 0 bridgehead atoms. The molecule has 0 spiro atoms. The fourth-order valence-corrected chi connectivity index (χ4v) is 3.94. The van der Waals surface area contributed by atoms with Crippen molar-refractivity contribution in [2.24, 2.45) is 0 Å². The van der Waals surface area contributed by atoms with Crippen LogP contribution in [0, 0.1) is 0 Å². The van der Waals surface area contributed by atoms with E-state index >= 15 is 0 Å². The Labute approximate surface area is 166 Å². The summed E-state index contributed by atoms with van der Waals surface area (Å²) >= 11 is 0. The van der Waals surface area contributed by atoms with E-state index in [4.69, 9.17) is 4.65 Å². The van der Waals surface area contributed by atoms with Crippen LogP contribution in [0.4, 0.5) is 0 Å². The predicted molar refractivity (Wildman–Crippen MR) is 118 cm³/mol. The fourth-order valence-electron chi connectivity index (χ4n) is 3.94. The minimum absolute atomic E-state index is 0.730. The van der Waals surface area contributed by atoms with Crippen LogP contribution >= 0.6 is 0 Å². The van der Waals surface area contributed by atoms with E-state index in [-0.39, 0.29) is 0 Å². The Morgan fingerprint density at radius 3 is 2.04 bits per heavy atom. The topological polar surface area (TPSA) is 32.7 Å². The first kappa shape index (κ1) is 18.7. The molecule has 140 valence electrons. The molecule has 0 heterocycles. The van der Waals surface area contributed by atoms with Crippen molar-refractivity contribution in [3.8, 4) is 0 Å². The molecule has 0 unspecified atom stereocenters. The first-order chi connectivity index (χ1) is 13.7. The summed E-state index contributed by atoms with van der Waals surface area (Å²) in [5.41, 5.74) is 3.23. The van der Waals surface area contributed by atoms with E-state index in [9.17, 15) is 5.02 Å². The van der Waals surface area contributed by atoms with E-state index in [0.717, 1.165) is 24.1 Å². The van der Waals surface area contributed by atoms with E-state index in [1.54, 1.807) is 0 Å². The summed E-state index contributed by atoms with van der Waals surface area (Å²) in [6, 6.07) is 27.3. The Hall–Kier alpha value is -2.66. The second-order valence-corrected chi connectivity index (χ2v) is 7.26. The normalized spacial score (nSPS) is 11.4. The lowest BCUT2D eigenvalue weighted by atomic mass is 9.76. The molecule has 0 radical (unpaired) electrons. The fraction of sp³-hybridized carbons (Fsp3) is 0.167.